The van der Waals surface area contributed by atoms with Gasteiger partial charge in [-0.3, -0.25) is 4.79 Å². The molecule has 7 heteroatoms. The molecular weight excluding hydrogens is 440 g/mol. The van der Waals surface area contributed by atoms with Crippen LogP contribution in [-0.2, 0) is 6.54 Å². The van der Waals surface area contributed by atoms with Crippen LogP contribution in [0.1, 0.15) is 17.3 Å². The molecule has 3 aromatic carbocycles. The zero-order valence-corrected chi connectivity index (χ0v) is 19.4. The van der Waals surface area contributed by atoms with Gasteiger partial charge in [-0.2, -0.15) is 0 Å². The molecule has 0 spiro atoms. The number of anilines is 1. The third-order valence-corrected chi connectivity index (χ3v) is 6.22. The number of hydrogen-bond acceptors (Lipinski definition) is 3. The molecule has 0 bridgehead atoms. The third kappa shape index (κ3) is 4.11. The lowest BCUT2D eigenvalue weighted by atomic mass is 10.1. The van der Waals surface area contributed by atoms with Gasteiger partial charge in [-0.25, -0.2) is 4.98 Å². The predicted octanol–water partition coefficient (Wildman–Crippen LogP) is 6.60. The van der Waals surface area contributed by atoms with E-state index >= 15 is 0 Å². The summed E-state index contributed by atoms with van der Waals surface area (Å²) in [6.45, 7) is 3.01. The molecule has 5 aromatic rings. The Bertz CT molecular complexity index is 1410. The van der Waals surface area contributed by atoms with E-state index in [2.05, 4.69) is 57.3 Å². The van der Waals surface area contributed by atoms with Gasteiger partial charge in [0.1, 0.15) is 5.82 Å². The van der Waals surface area contributed by atoms with Gasteiger partial charge in [-0.15, -0.1) is 24.2 Å². The average Bonchev–Trinajstić information content (AvgIpc) is 3.42. The number of fused-ring (bicyclic) bond motifs is 2. The molecule has 5 nitrogen and oxygen atoms in total. The molecule has 0 radical (unpaired) electrons. The summed E-state index contributed by atoms with van der Waals surface area (Å²) < 4.78 is 2.16. The van der Waals surface area contributed by atoms with E-state index in [1.165, 1.54) is 4.90 Å². The number of hydrogen-bond donors (Lipinski definition) is 2. The first-order chi connectivity index (χ1) is 15.1. The normalized spacial score (nSPS) is 10.9. The van der Waals surface area contributed by atoms with Crippen molar-refractivity contribution in [2.45, 2.75) is 18.4 Å². The second-order valence-electron chi connectivity index (χ2n) is 7.38. The highest BCUT2D eigenvalue weighted by Crippen LogP contribution is 2.25. The summed E-state index contributed by atoms with van der Waals surface area (Å²) in [7, 11) is 0. The van der Waals surface area contributed by atoms with Gasteiger partial charge in [-0.1, -0.05) is 12.1 Å². The quantitative estimate of drug-likeness (QED) is 0.289. The molecular formula is C25H23ClN4OS. The molecule has 0 aliphatic heterocycles. The summed E-state index contributed by atoms with van der Waals surface area (Å²) in [6.07, 6.45) is 4.11. The summed E-state index contributed by atoms with van der Waals surface area (Å²) >= 11 is 1.71. The number of benzene rings is 3. The number of nitrogens with one attached hydrogen (secondary N) is 2. The molecule has 5 rings (SSSR count). The van der Waals surface area contributed by atoms with Crippen LogP contribution in [0, 0.1) is 0 Å². The van der Waals surface area contributed by atoms with Crippen molar-refractivity contribution in [2.24, 2.45) is 0 Å². The largest absolute Gasteiger partial charge is 0.348 e. The minimum atomic E-state index is -0.127. The van der Waals surface area contributed by atoms with Crippen LogP contribution in [0.25, 0.3) is 33.3 Å². The number of rotatable bonds is 5. The van der Waals surface area contributed by atoms with Gasteiger partial charge in [0.05, 0.1) is 11.0 Å². The van der Waals surface area contributed by atoms with Gasteiger partial charge in [-0.05, 0) is 67.8 Å². The van der Waals surface area contributed by atoms with Gasteiger partial charge >= 0.3 is 0 Å². The number of thioether (sulfide) groups is 1. The lowest BCUT2D eigenvalue weighted by Crippen LogP contribution is -2.11. The summed E-state index contributed by atoms with van der Waals surface area (Å²) in [5, 5.41) is 4.07. The fourth-order valence-electron chi connectivity index (χ4n) is 3.79. The molecule has 0 atom stereocenters. The molecule has 2 heterocycles. The predicted molar refractivity (Wildman–Crippen MR) is 136 cm³/mol. The zero-order valence-electron chi connectivity index (χ0n) is 17.8. The molecule has 0 saturated heterocycles. The summed E-state index contributed by atoms with van der Waals surface area (Å²) in [6, 6.07) is 21.9. The van der Waals surface area contributed by atoms with Gasteiger partial charge in [0, 0.05) is 45.4 Å². The Kier molecular flexibility index (Phi) is 6.26. The standard InChI is InChI=1S/C25H22N4OS.ClH/c1-3-29-13-12-17-14-18(6-11-23(17)29)25(30)26-19-7-10-21-22(15-19)28-24(27-21)16-4-8-20(31-2)9-5-16;/h4-15H,3H2,1-2H3,(H,26,30)(H,27,28);1H. The highest BCUT2D eigenvalue weighted by molar-refractivity contribution is 7.98. The van der Waals surface area contributed by atoms with Crippen molar-refractivity contribution in [2.75, 3.05) is 11.6 Å². The number of aromatic amines is 1. The van der Waals surface area contributed by atoms with Crippen molar-refractivity contribution in [3.63, 3.8) is 0 Å². The van der Waals surface area contributed by atoms with E-state index in [0.717, 1.165) is 45.6 Å². The number of H-pyrrole nitrogens is 1. The Morgan fingerprint density at radius 1 is 1.06 bits per heavy atom. The van der Waals surface area contributed by atoms with Crippen molar-refractivity contribution < 1.29 is 4.79 Å². The molecule has 0 saturated carbocycles. The number of carbonyl (C=O) groups is 1. The van der Waals surface area contributed by atoms with E-state index in [-0.39, 0.29) is 18.3 Å². The molecule has 32 heavy (non-hydrogen) atoms. The summed E-state index contributed by atoms with van der Waals surface area (Å²) in [5.74, 6) is 0.690. The topological polar surface area (TPSA) is 62.7 Å². The Morgan fingerprint density at radius 2 is 1.88 bits per heavy atom. The maximum Gasteiger partial charge on any atom is 0.255 e. The maximum absolute atomic E-state index is 12.8. The Labute approximate surface area is 196 Å². The zero-order chi connectivity index (χ0) is 21.4. The van der Waals surface area contributed by atoms with Crippen LogP contribution in [0.5, 0.6) is 0 Å². The van der Waals surface area contributed by atoms with Crippen molar-refractivity contribution in [3.05, 3.63) is 78.5 Å². The molecule has 0 fully saturated rings. The van der Waals surface area contributed by atoms with Crippen LogP contribution in [0.3, 0.4) is 0 Å². The lowest BCUT2D eigenvalue weighted by Gasteiger charge is -2.06. The summed E-state index contributed by atoms with van der Waals surface area (Å²) in [5.41, 5.74) is 5.29. The SMILES string of the molecule is CCn1ccc2cc(C(=O)Nc3ccc4nc(-c5ccc(SC)cc5)[nH]c4c3)ccc21.Cl. The highest BCUT2D eigenvalue weighted by atomic mass is 35.5. The van der Waals surface area contributed by atoms with E-state index in [1.54, 1.807) is 11.8 Å². The number of aryl methyl sites for hydroxylation is 1. The molecule has 2 aromatic heterocycles. The molecule has 2 N–H and O–H groups in total. The maximum atomic E-state index is 12.8. The highest BCUT2D eigenvalue weighted by Gasteiger charge is 2.11. The van der Waals surface area contributed by atoms with Gasteiger partial charge < -0.3 is 14.9 Å². The van der Waals surface area contributed by atoms with E-state index < -0.39 is 0 Å². The lowest BCUT2D eigenvalue weighted by molar-refractivity contribution is 0.102. The van der Waals surface area contributed by atoms with E-state index in [0.29, 0.717) is 5.56 Å². The molecule has 0 aliphatic carbocycles. The van der Waals surface area contributed by atoms with Crippen LogP contribution in [0.2, 0.25) is 0 Å². The van der Waals surface area contributed by atoms with Gasteiger partial charge in [0.25, 0.3) is 5.91 Å². The van der Waals surface area contributed by atoms with Gasteiger partial charge in [0.15, 0.2) is 0 Å². The number of aromatic nitrogens is 3. The number of nitrogens with zero attached hydrogens (tertiary/aromatic N) is 2. The van der Waals surface area contributed by atoms with Crippen LogP contribution in [-0.4, -0.2) is 26.7 Å². The van der Waals surface area contributed by atoms with E-state index in [4.69, 9.17) is 0 Å². The number of amides is 1. The van der Waals surface area contributed by atoms with Crippen LogP contribution >= 0.6 is 24.2 Å². The first kappa shape index (κ1) is 22.0. The fraction of sp³-hybridized carbons (Fsp3) is 0.120. The average molecular weight is 463 g/mol. The first-order valence-corrected chi connectivity index (χ1v) is 11.4. The number of imidazole rings is 1. The van der Waals surface area contributed by atoms with Crippen LogP contribution < -0.4 is 5.32 Å². The third-order valence-electron chi connectivity index (χ3n) is 5.48. The number of carbonyl (C=O) groups excluding carboxylic acids is 1. The second kappa shape index (κ2) is 9.10. The molecule has 1 amide bonds. The minimum absolute atomic E-state index is 0. The first-order valence-electron chi connectivity index (χ1n) is 10.2. The van der Waals surface area contributed by atoms with E-state index in [1.807, 2.05) is 48.7 Å². The smallest absolute Gasteiger partial charge is 0.255 e. The van der Waals surface area contributed by atoms with E-state index in [9.17, 15) is 4.79 Å². The Balaban J connectivity index is 0.00000245. The Morgan fingerprint density at radius 3 is 2.62 bits per heavy atom. The Hall–Kier alpha value is -3.22. The van der Waals surface area contributed by atoms with Gasteiger partial charge in [0.2, 0.25) is 0 Å². The van der Waals surface area contributed by atoms with Crippen molar-refractivity contribution in [1.82, 2.24) is 14.5 Å². The number of halogens is 1. The second-order valence-corrected chi connectivity index (χ2v) is 8.25. The molecule has 0 aliphatic rings. The molecule has 162 valence electrons. The van der Waals surface area contributed by atoms with Crippen LogP contribution in [0.15, 0.2) is 77.8 Å². The monoisotopic (exact) mass is 462 g/mol. The fourth-order valence-corrected chi connectivity index (χ4v) is 4.20. The molecule has 0 unspecified atom stereocenters. The van der Waals surface area contributed by atoms with Crippen LogP contribution in [0.4, 0.5) is 5.69 Å². The van der Waals surface area contributed by atoms with Crippen molar-refractivity contribution in [3.8, 4) is 11.4 Å². The van der Waals surface area contributed by atoms with Crippen molar-refractivity contribution >= 4 is 57.7 Å². The van der Waals surface area contributed by atoms with Crippen molar-refractivity contribution in [1.29, 1.82) is 0 Å². The minimum Gasteiger partial charge on any atom is -0.348 e. The summed E-state index contributed by atoms with van der Waals surface area (Å²) in [4.78, 5) is 22.1.